The van der Waals surface area contributed by atoms with Crippen LogP contribution in [0.2, 0.25) is 0 Å². The number of halogens is 3. The molecular weight excluding hydrogens is 416 g/mol. The van der Waals surface area contributed by atoms with Crippen molar-refractivity contribution in [3.63, 3.8) is 0 Å². The predicted molar refractivity (Wildman–Crippen MR) is 111 cm³/mol. The van der Waals surface area contributed by atoms with Crippen LogP contribution in [-0.4, -0.2) is 72.0 Å². The highest BCUT2D eigenvalue weighted by atomic mass is 35.5. The summed E-state index contributed by atoms with van der Waals surface area (Å²) in [6.45, 7) is 3.61. The van der Waals surface area contributed by atoms with E-state index in [9.17, 15) is 4.39 Å². The van der Waals surface area contributed by atoms with Gasteiger partial charge in [0.1, 0.15) is 30.9 Å². The average Bonchev–Trinajstić information content (AvgIpc) is 3.38. The first-order chi connectivity index (χ1) is 14.1. The second-order valence-corrected chi connectivity index (χ2v) is 9.91. The van der Waals surface area contributed by atoms with Gasteiger partial charge in [0.25, 0.3) is 0 Å². The smallest absolute Gasteiger partial charge is 0.197 e. The van der Waals surface area contributed by atoms with E-state index < -0.39 is 11.5 Å². The molecule has 5 rings (SSSR count). The molecule has 0 aromatic heterocycles. The number of ether oxygens (including phenoxy) is 1. The van der Waals surface area contributed by atoms with E-state index in [1.807, 2.05) is 0 Å². The Morgan fingerprint density at radius 3 is 2.83 bits per heavy atom. The van der Waals surface area contributed by atoms with Crippen LogP contribution in [0.3, 0.4) is 0 Å². The topological polar surface area (TPSA) is 61.0 Å². The van der Waals surface area contributed by atoms with E-state index in [0.717, 1.165) is 51.3 Å². The summed E-state index contributed by atoms with van der Waals surface area (Å²) in [4.78, 5) is 4.76. The molecule has 2 saturated heterocycles. The first kappa shape index (κ1) is 20.2. The van der Waals surface area contributed by atoms with Gasteiger partial charge in [-0.1, -0.05) is 4.70 Å². The Morgan fingerprint density at radius 1 is 1.17 bits per heavy atom. The number of rotatable bonds is 3. The third kappa shape index (κ3) is 3.95. The van der Waals surface area contributed by atoms with Gasteiger partial charge in [0.15, 0.2) is 12.2 Å². The van der Waals surface area contributed by atoms with Crippen LogP contribution in [0.1, 0.15) is 32.1 Å². The Kier molecular flexibility index (Phi) is 5.84. The molecule has 7 atom stereocenters. The molecular formula is C20H29Cl2FN5O+. The van der Waals surface area contributed by atoms with Gasteiger partial charge in [-0.05, 0) is 24.4 Å². The predicted octanol–water partition coefficient (Wildman–Crippen LogP) is 2.80. The molecule has 4 aliphatic heterocycles. The van der Waals surface area contributed by atoms with Crippen LogP contribution in [0.5, 0.6) is 0 Å². The highest BCUT2D eigenvalue weighted by Crippen LogP contribution is 2.40. The molecule has 6 nitrogen and oxygen atoms in total. The molecule has 5 aliphatic rings. The summed E-state index contributed by atoms with van der Waals surface area (Å²) in [7, 11) is 0. The summed E-state index contributed by atoms with van der Waals surface area (Å²) >= 11 is 12.9. The largest absolute Gasteiger partial charge is 0.347 e. The Labute approximate surface area is 180 Å². The van der Waals surface area contributed by atoms with Crippen molar-refractivity contribution in [2.75, 3.05) is 26.2 Å². The molecule has 1 saturated carbocycles. The second-order valence-electron chi connectivity index (χ2n) is 8.84. The molecule has 0 spiro atoms. The van der Waals surface area contributed by atoms with E-state index in [-0.39, 0.29) is 23.6 Å². The van der Waals surface area contributed by atoms with Crippen molar-refractivity contribution in [2.45, 2.75) is 67.4 Å². The van der Waals surface area contributed by atoms with Gasteiger partial charge in [0.2, 0.25) is 0 Å². The van der Waals surface area contributed by atoms with E-state index in [2.05, 4.69) is 21.5 Å². The minimum atomic E-state index is -1.04. The van der Waals surface area contributed by atoms with Crippen molar-refractivity contribution < 1.29 is 13.8 Å². The number of piperidine rings is 1. The summed E-state index contributed by atoms with van der Waals surface area (Å²) in [5.74, 6) is 0.939. The molecule has 29 heavy (non-hydrogen) atoms. The lowest BCUT2D eigenvalue weighted by Gasteiger charge is -2.37. The monoisotopic (exact) mass is 444 g/mol. The fourth-order valence-corrected chi connectivity index (χ4v) is 6.16. The maximum atomic E-state index is 14.2. The number of aliphatic imine (C=N–C) groups is 1. The highest BCUT2D eigenvalue weighted by molar-refractivity contribution is 6.24. The number of alkyl halides is 3. The fourth-order valence-electron chi connectivity index (χ4n) is 5.23. The van der Waals surface area contributed by atoms with Gasteiger partial charge in [-0.3, -0.25) is 4.99 Å². The van der Waals surface area contributed by atoms with Gasteiger partial charge in [-0.25, -0.2) is 4.39 Å². The van der Waals surface area contributed by atoms with E-state index in [1.54, 1.807) is 0 Å². The highest BCUT2D eigenvalue weighted by Gasteiger charge is 2.48. The molecule has 7 unspecified atom stereocenters. The van der Waals surface area contributed by atoms with E-state index in [4.69, 9.17) is 38.0 Å². The Balaban J connectivity index is 1.22. The first-order valence-electron chi connectivity index (χ1n) is 10.9. The second kappa shape index (κ2) is 8.40. The zero-order valence-electron chi connectivity index (χ0n) is 16.4. The summed E-state index contributed by atoms with van der Waals surface area (Å²) in [6.07, 6.45) is 4.92. The lowest BCUT2D eigenvalue weighted by atomic mass is 9.85. The van der Waals surface area contributed by atoms with Crippen molar-refractivity contribution in [1.82, 2.24) is 10.6 Å². The molecule has 4 heterocycles. The number of nitrogens with zero attached hydrogens (tertiary/aromatic N) is 3. The molecule has 0 amide bonds. The van der Waals surface area contributed by atoms with Gasteiger partial charge >= 0.3 is 0 Å². The summed E-state index contributed by atoms with van der Waals surface area (Å²) in [5.41, 5.74) is 1.34. The zero-order valence-corrected chi connectivity index (χ0v) is 18.0. The van der Waals surface area contributed by atoms with Gasteiger partial charge < -0.3 is 15.4 Å². The quantitative estimate of drug-likeness (QED) is 0.519. The SMILES string of the molecule is FC1CCC(Cl)C(C2NC3=NCC(C4=C[N+](C5CCNCC5)=NC4)CC3O2)C1Cl. The van der Waals surface area contributed by atoms with Gasteiger partial charge in [0.05, 0.1) is 5.38 Å². The summed E-state index contributed by atoms with van der Waals surface area (Å²) < 4.78 is 22.6. The minimum absolute atomic E-state index is 0.0969. The van der Waals surface area contributed by atoms with Crippen LogP contribution in [-0.2, 0) is 4.74 Å². The van der Waals surface area contributed by atoms with Crippen LogP contribution >= 0.6 is 23.2 Å². The summed E-state index contributed by atoms with van der Waals surface area (Å²) in [6, 6.07) is 0.506. The van der Waals surface area contributed by atoms with Crippen molar-refractivity contribution >= 4 is 29.0 Å². The summed E-state index contributed by atoms with van der Waals surface area (Å²) in [5, 5.41) is 10.7. The Morgan fingerprint density at radius 2 is 2.00 bits per heavy atom. The third-order valence-corrected chi connectivity index (χ3v) is 8.08. The van der Waals surface area contributed by atoms with Crippen LogP contribution in [0.4, 0.5) is 4.39 Å². The van der Waals surface area contributed by atoms with Crippen molar-refractivity contribution in [3.05, 3.63) is 11.8 Å². The number of hydrogen-bond acceptors (Lipinski definition) is 5. The molecule has 0 aromatic carbocycles. The standard InChI is InChI=1S/C20H29Cl2FN5O/c21-14-1-2-15(23)18(22)17(14)20-27-19-16(29-20)7-11(8-25-19)12-9-26-28(10-12)13-3-5-24-6-4-13/h10-11,13-18,20,24H,1-9H2,(H,25,27)/q+1. The number of amidine groups is 1. The van der Waals surface area contributed by atoms with Crippen LogP contribution < -0.4 is 10.6 Å². The van der Waals surface area contributed by atoms with Crippen molar-refractivity contribution in [3.8, 4) is 0 Å². The molecule has 3 fully saturated rings. The number of hydrogen-bond donors (Lipinski definition) is 2. The van der Waals surface area contributed by atoms with E-state index in [0.29, 0.717) is 24.8 Å². The lowest BCUT2D eigenvalue weighted by molar-refractivity contribution is -0.565. The van der Waals surface area contributed by atoms with Crippen LogP contribution in [0.15, 0.2) is 21.9 Å². The van der Waals surface area contributed by atoms with E-state index in [1.165, 1.54) is 5.57 Å². The maximum Gasteiger partial charge on any atom is 0.197 e. The molecule has 2 N–H and O–H groups in total. The molecule has 0 radical (unpaired) electrons. The van der Waals surface area contributed by atoms with Crippen LogP contribution in [0.25, 0.3) is 0 Å². The van der Waals surface area contributed by atoms with Crippen molar-refractivity contribution in [1.29, 1.82) is 0 Å². The Bertz CT molecular complexity index is 726. The van der Waals surface area contributed by atoms with Gasteiger partial charge in [0, 0.05) is 55.3 Å². The van der Waals surface area contributed by atoms with Crippen molar-refractivity contribution in [2.24, 2.45) is 21.9 Å². The third-order valence-electron chi connectivity index (χ3n) is 7.01. The fraction of sp³-hybridized carbons (Fsp3) is 0.850. The molecule has 0 aromatic rings. The molecule has 9 heteroatoms. The number of azo groups is 2. The van der Waals surface area contributed by atoms with Gasteiger partial charge in [-0.15, -0.1) is 23.2 Å². The van der Waals surface area contributed by atoms with Gasteiger partial charge in [-0.2, -0.15) is 0 Å². The number of fused-ring (bicyclic) bond motifs is 1. The maximum absolute atomic E-state index is 14.2. The molecule has 1 aliphatic carbocycles. The molecule has 0 bridgehead atoms. The van der Waals surface area contributed by atoms with Crippen LogP contribution in [0, 0.1) is 11.8 Å². The molecule has 160 valence electrons. The van der Waals surface area contributed by atoms with E-state index >= 15 is 0 Å². The Hall–Kier alpha value is -0.760. The minimum Gasteiger partial charge on any atom is -0.347 e. The average molecular weight is 445 g/mol. The first-order valence-corrected chi connectivity index (χ1v) is 11.7. The number of nitrogens with one attached hydrogen (secondary N) is 2. The normalized spacial score (nSPS) is 43.3. The zero-order chi connectivity index (χ0) is 20.0. The lowest BCUT2D eigenvalue weighted by Crippen LogP contribution is -2.49.